The third kappa shape index (κ3) is 3.45. The number of phenolic OH excluding ortho intramolecular Hbond substituents is 1. The standard InChI is InChI=1S/C15H13BrN2O2/c1-10-7-13(16)8-12(14(10)19)9-17-18-15(20)11-5-3-2-4-6-11/h2-9,19H,1H3,(H,18,20)/b17-9-. The Balaban J connectivity index is 2.10. The quantitative estimate of drug-likeness (QED) is 0.669. The molecule has 0 aliphatic heterocycles. The molecular weight excluding hydrogens is 320 g/mol. The van der Waals surface area contributed by atoms with Gasteiger partial charge in [-0.3, -0.25) is 4.79 Å². The summed E-state index contributed by atoms with van der Waals surface area (Å²) in [6.45, 7) is 1.79. The highest BCUT2D eigenvalue weighted by Gasteiger charge is 2.05. The molecule has 0 aliphatic rings. The number of hydrazone groups is 1. The van der Waals surface area contributed by atoms with Gasteiger partial charge in [-0.05, 0) is 36.8 Å². The largest absolute Gasteiger partial charge is 0.507 e. The molecule has 0 aliphatic carbocycles. The van der Waals surface area contributed by atoms with E-state index in [1.54, 1.807) is 43.3 Å². The van der Waals surface area contributed by atoms with Crippen LogP contribution in [0.1, 0.15) is 21.5 Å². The lowest BCUT2D eigenvalue weighted by Gasteiger charge is -2.04. The number of rotatable bonds is 3. The van der Waals surface area contributed by atoms with Crippen LogP contribution < -0.4 is 5.43 Å². The molecule has 2 aromatic rings. The number of aromatic hydroxyl groups is 1. The summed E-state index contributed by atoms with van der Waals surface area (Å²) in [6, 6.07) is 12.3. The van der Waals surface area contributed by atoms with Crippen molar-refractivity contribution in [2.75, 3.05) is 0 Å². The molecule has 1 amide bonds. The first-order chi connectivity index (χ1) is 9.58. The maximum Gasteiger partial charge on any atom is 0.271 e. The van der Waals surface area contributed by atoms with Gasteiger partial charge in [-0.25, -0.2) is 5.43 Å². The molecule has 2 aromatic carbocycles. The van der Waals surface area contributed by atoms with Gasteiger partial charge in [0, 0.05) is 15.6 Å². The fraction of sp³-hybridized carbons (Fsp3) is 0.0667. The molecular formula is C15H13BrN2O2. The molecule has 0 saturated heterocycles. The predicted octanol–water partition coefficient (Wildman–Crippen LogP) is 3.23. The van der Waals surface area contributed by atoms with E-state index in [-0.39, 0.29) is 11.7 Å². The average Bonchev–Trinajstić information content (AvgIpc) is 2.44. The van der Waals surface area contributed by atoms with Crippen LogP contribution in [-0.2, 0) is 0 Å². The van der Waals surface area contributed by atoms with Crippen molar-refractivity contribution in [1.29, 1.82) is 0 Å². The van der Waals surface area contributed by atoms with Crippen LogP contribution in [0.5, 0.6) is 5.75 Å². The van der Waals surface area contributed by atoms with Crippen molar-refractivity contribution in [3.63, 3.8) is 0 Å². The monoisotopic (exact) mass is 332 g/mol. The molecule has 102 valence electrons. The molecule has 20 heavy (non-hydrogen) atoms. The minimum atomic E-state index is -0.298. The molecule has 0 radical (unpaired) electrons. The molecule has 4 nitrogen and oxygen atoms in total. The topological polar surface area (TPSA) is 61.7 Å². The Morgan fingerprint density at radius 3 is 2.70 bits per heavy atom. The van der Waals surface area contributed by atoms with E-state index in [0.717, 1.165) is 10.0 Å². The van der Waals surface area contributed by atoms with Crippen LogP contribution >= 0.6 is 15.9 Å². The molecule has 0 atom stereocenters. The Morgan fingerprint density at radius 1 is 1.30 bits per heavy atom. The van der Waals surface area contributed by atoms with Crippen molar-refractivity contribution in [3.05, 3.63) is 63.6 Å². The summed E-state index contributed by atoms with van der Waals surface area (Å²) in [5.74, 6) is -0.154. The number of benzene rings is 2. The number of carbonyl (C=O) groups excluding carboxylic acids is 1. The lowest BCUT2D eigenvalue weighted by atomic mass is 10.1. The van der Waals surface area contributed by atoms with Crippen molar-refractivity contribution < 1.29 is 9.90 Å². The van der Waals surface area contributed by atoms with Crippen LogP contribution in [0.25, 0.3) is 0 Å². The van der Waals surface area contributed by atoms with Gasteiger partial charge in [0.1, 0.15) is 5.75 Å². The minimum Gasteiger partial charge on any atom is -0.507 e. The predicted molar refractivity (Wildman–Crippen MR) is 82.0 cm³/mol. The maximum absolute atomic E-state index is 11.8. The summed E-state index contributed by atoms with van der Waals surface area (Å²) in [5.41, 5.74) is 4.21. The third-order valence-corrected chi connectivity index (χ3v) is 3.16. The summed E-state index contributed by atoms with van der Waals surface area (Å²) < 4.78 is 0.837. The molecule has 5 heteroatoms. The Bertz CT molecular complexity index is 654. The number of amides is 1. The van der Waals surface area contributed by atoms with Gasteiger partial charge in [0.15, 0.2) is 0 Å². The number of hydrogen-bond acceptors (Lipinski definition) is 3. The van der Waals surface area contributed by atoms with Gasteiger partial charge in [-0.1, -0.05) is 34.1 Å². The number of carbonyl (C=O) groups is 1. The van der Waals surface area contributed by atoms with Gasteiger partial charge < -0.3 is 5.11 Å². The number of aryl methyl sites for hydroxylation is 1. The molecule has 2 rings (SSSR count). The van der Waals surface area contributed by atoms with Gasteiger partial charge in [-0.2, -0.15) is 5.10 Å². The first kappa shape index (κ1) is 14.3. The molecule has 0 saturated carbocycles. The fourth-order valence-electron chi connectivity index (χ4n) is 1.67. The summed E-state index contributed by atoms with van der Waals surface area (Å²) in [7, 11) is 0. The van der Waals surface area contributed by atoms with Gasteiger partial charge >= 0.3 is 0 Å². The minimum absolute atomic E-state index is 0.144. The Labute approximate surface area is 125 Å². The normalized spacial score (nSPS) is 10.7. The smallest absolute Gasteiger partial charge is 0.271 e. The van der Waals surface area contributed by atoms with Gasteiger partial charge in [0.05, 0.1) is 6.21 Å². The van der Waals surface area contributed by atoms with Crippen LogP contribution in [-0.4, -0.2) is 17.2 Å². The highest BCUT2D eigenvalue weighted by atomic mass is 79.9. The first-order valence-electron chi connectivity index (χ1n) is 5.95. The van der Waals surface area contributed by atoms with Crippen molar-refractivity contribution >= 4 is 28.1 Å². The molecule has 0 spiro atoms. The SMILES string of the molecule is Cc1cc(Br)cc(/C=N\NC(=O)c2ccccc2)c1O. The van der Waals surface area contributed by atoms with Gasteiger partial charge in [-0.15, -0.1) is 0 Å². The van der Waals surface area contributed by atoms with Crippen LogP contribution in [0.4, 0.5) is 0 Å². The Kier molecular flexibility index (Phi) is 4.53. The van der Waals surface area contributed by atoms with E-state index in [1.165, 1.54) is 6.21 Å². The van der Waals surface area contributed by atoms with E-state index in [2.05, 4.69) is 26.5 Å². The van der Waals surface area contributed by atoms with Crippen LogP contribution in [0.15, 0.2) is 52.0 Å². The second kappa shape index (κ2) is 6.34. The summed E-state index contributed by atoms with van der Waals surface area (Å²) in [5, 5.41) is 13.7. The van der Waals surface area contributed by atoms with Crippen molar-refractivity contribution in [2.24, 2.45) is 5.10 Å². The van der Waals surface area contributed by atoms with E-state index < -0.39 is 0 Å². The fourth-order valence-corrected chi connectivity index (χ4v) is 2.26. The van der Waals surface area contributed by atoms with E-state index in [9.17, 15) is 9.90 Å². The van der Waals surface area contributed by atoms with Crippen molar-refractivity contribution in [1.82, 2.24) is 5.43 Å². The molecule has 0 fully saturated rings. The number of halogens is 1. The van der Waals surface area contributed by atoms with E-state index in [1.807, 2.05) is 6.07 Å². The first-order valence-corrected chi connectivity index (χ1v) is 6.75. The van der Waals surface area contributed by atoms with E-state index in [4.69, 9.17) is 0 Å². The molecule has 0 aromatic heterocycles. The zero-order valence-corrected chi connectivity index (χ0v) is 12.4. The summed E-state index contributed by atoms with van der Waals surface area (Å²) in [4.78, 5) is 11.8. The van der Waals surface area contributed by atoms with Crippen molar-refractivity contribution in [3.8, 4) is 5.75 Å². The molecule has 2 N–H and O–H groups in total. The van der Waals surface area contributed by atoms with Crippen LogP contribution in [0, 0.1) is 6.92 Å². The highest BCUT2D eigenvalue weighted by Crippen LogP contribution is 2.25. The Morgan fingerprint density at radius 2 is 2.00 bits per heavy atom. The number of nitrogens with one attached hydrogen (secondary N) is 1. The maximum atomic E-state index is 11.8. The highest BCUT2D eigenvalue weighted by molar-refractivity contribution is 9.10. The average molecular weight is 333 g/mol. The van der Waals surface area contributed by atoms with Gasteiger partial charge in [0.2, 0.25) is 0 Å². The summed E-state index contributed by atoms with van der Waals surface area (Å²) >= 11 is 3.34. The molecule has 0 bridgehead atoms. The van der Waals surface area contributed by atoms with E-state index >= 15 is 0 Å². The molecule has 0 heterocycles. The number of phenols is 1. The zero-order chi connectivity index (χ0) is 14.5. The second-order valence-corrected chi connectivity index (χ2v) is 5.14. The third-order valence-electron chi connectivity index (χ3n) is 2.70. The van der Waals surface area contributed by atoms with Gasteiger partial charge in [0.25, 0.3) is 5.91 Å². The second-order valence-electron chi connectivity index (χ2n) is 4.23. The number of nitrogens with zero attached hydrogens (tertiary/aromatic N) is 1. The molecule has 0 unspecified atom stereocenters. The summed E-state index contributed by atoms with van der Waals surface area (Å²) in [6.07, 6.45) is 1.41. The Hall–Kier alpha value is -2.14. The van der Waals surface area contributed by atoms with Crippen LogP contribution in [0.2, 0.25) is 0 Å². The zero-order valence-electron chi connectivity index (χ0n) is 10.8. The van der Waals surface area contributed by atoms with Crippen LogP contribution in [0.3, 0.4) is 0 Å². The van der Waals surface area contributed by atoms with E-state index in [0.29, 0.717) is 11.1 Å². The lowest BCUT2D eigenvalue weighted by Crippen LogP contribution is -2.17. The lowest BCUT2D eigenvalue weighted by molar-refractivity contribution is 0.0955. The van der Waals surface area contributed by atoms with Crippen molar-refractivity contribution in [2.45, 2.75) is 6.92 Å². The number of hydrogen-bond donors (Lipinski definition) is 2.